The normalized spacial score (nSPS) is 10.4. The zero-order valence-electron chi connectivity index (χ0n) is 8.79. The van der Waals surface area contributed by atoms with E-state index in [4.69, 9.17) is 13.0 Å². The molecule has 0 aromatic heterocycles. The minimum absolute atomic E-state index is 0.257. The number of hydrogen-bond donors (Lipinski definition) is 1. The van der Waals surface area contributed by atoms with Crippen molar-refractivity contribution in [1.82, 2.24) is 0 Å². The first-order valence-electron chi connectivity index (χ1n) is 5.23. The molecule has 74 valence electrons. The molecule has 0 aliphatic rings. The van der Waals surface area contributed by atoms with Crippen molar-refractivity contribution in [3.8, 4) is 0 Å². The molecule has 2 radical (unpaired) electrons. The van der Waals surface area contributed by atoms with Gasteiger partial charge in [-0.15, -0.1) is 0 Å². The molecule has 0 aliphatic heterocycles. The molecule has 0 atom stereocenters. The van der Waals surface area contributed by atoms with Crippen LogP contribution in [0.15, 0.2) is 18.2 Å². The maximum absolute atomic E-state index is 8.73. The van der Waals surface area contributed by atoms with Crippen LogP contribution >= 0.6 is 0 Å². The van der Waals surface area contributed by atoms with Gasteiger partial charge in [0.25, 0.3) is 0 Å². The average Bonchev–Trinajstić information content (AvgIpc) is 2.25. The highest BCUT2D eigenvalue weighted by atomic mass is 16.2. The van der Waals surface area contributed by atoms with Gasteiger partial charge in [0, 0.05) is 6.61 Å². The molecule has 0 aliphatic carbocycles. The van der Waals surface area contributed by atoms with Crippen LogP contribution in [0.5, 0.6) is 0 Å². The lowest BCUT2D eigenvalue weighted by molar-refractivity contribution is 0.288. The second-order valence-corrected chi connectivity index (χ2v) is 3.49. The Morgan fingerprint density at radius 1 is 1.29 bits per heavy atom. The van der Waals surface area contributed by atoms with Crippen molar-refractivity contribution in [3.05, 3.63) is 34.9 Å². The Morgan fingerprint density at radius 2 is 2.07 bits per heavy atom. The van der Waals surface area contributed by atoms with Gasteiger partial charge in [-0.2, -0.15) is 0 Å². The van der Waals surface area contributed by atoms with Crippen LogP contribution in [0.25, 0.3) is 0 Å². The third-order valence-corrected chi connectivity index (χ3v) is 2.50. The van der Waals surface area contributed by atoms with Crippen molar-refractivity contribution in [3.63, 3.8) is 0 Å². The molecule has 0 fully saturated rings. The number of hydrogen-bond acceptors (Lipinski definition) is 1. The van der Waals surface area contributed by atoms with Crippen LogP contribution in [0.3, 0.4) is 0 Å². The quantitative estimate of drug-likeness (QED) is 0.699. The summed E-state index contributed by atoms with van der Waals surface area (Å²) < 4.78 is 0. The first kappa shape index (κ1) is 11.3. The SMILES string of the molecule is [B]Cc1cc(CCCO)ccc1CC. The van der Waals surface area contributed by atoms with Crippen molar-refractivity contribution in [1.29, 1.82) is 0 Å². The summed E-state index contributed by atoms with van der Waals surface area (Å²) in [5, 5.41) is 8.73. The molecule has 1 nitrogen and oxygen atoms in total. The largest absolute Gasteiger partial charge is 0.396 e. The van der Waals surface area contributed by atoms with Crippen molar-refractivity contribution < 1.29 is 5.11 Å². The zero-order valence-corrected chi connectivity index (χ0v) is 8.79. The second-order valence-electron chi connectivity index (χ2n) is 3.49. The first-order chi connectivity index (χ1) is 6.81. The predicted octanol–water partition coefficient (Wildman–Crippen LogP) is 1.84. The Morgan fingerprint density at radius 3 is 2.64 bits per heavy atom. The summed E-state index contributed by atoms with van der Waals surface area (Å²) in [5.41, 5.74) is 3.85. The molecule has 0 saturated carbocycles. The molecule has 0 amide bonds. The molecule has 1 aromatic carbocycles. The Bertz CT molecular complexity index is 284. The third-order valence-electron chi connectivity index (χ3n) is 2.50. The highest BCUT2D eigenvalue weighted by Crippen LogP contribution is 2.14. The second kappa shape index (κ2) is 5.87. The fraction of sp³-hybridized carbons (Fsp3) is 0.500. The van der Waals surface area contributed by atoms with Crippen LogP contribution in [0, 0.1) is 0 Å². The summed E-state index contributed by atoms with van der Waals surface area (Å²) in [6.07, 6.45) is 3.41. The lowest BCUT2D eigenvalue weighted by atomic mass is 9.90. The lowest BCUT2D eigenvalue weighted by Crippen LogP contribution is -1.96. The molecular formula is C12H17BO. The number of aliphatic hydroxyl groups is 1. The van der Waals surface area contributed by atoms with E-state index in [0.717, 1.165) is 19.3 Å². The minimum Gasteiger partial charge on any atom is -0.396 e. The minimum atomic E-state index is 0.257. The zero-order chi connectivity index (χ0) is 10.4. The van der Waals surface area contributed by atoms with E-state index in [9.17, 15) is 0 Å². The van der Waals surface area contributed by atoms with Crippen LogP contribution in [-0.4, -0.2) is 19.6 Å². The fourth-order valence-corrected chi connectivity index (χ4v) is 1.65. The van der Waals surface area contributed by atoms with E-state index in [1.807, 2.05) is 0 Å². The Labute approximate surface area is 87.6 Å². The van der Waals surface area contributed by atoms with Gasteiger partial charge in [-0.05, 0) is 30.4 Å². The molecule has 0 spiro atoms. The van der Waals surface area contributed by atoms with Gasteiger partial charge in [-0.1, -0.05) is 37.0 Å². The topological polar surface area (TPSA) is 20.2 Å². The van der Waals surface area contributed by atoms with Crippen LogP contribution in [0.1, 0.15) is 30.0 Å². The molecule has 0 bridgehead atoms. The van der Waals surface area contributed by atoms with Crippen LogP contribution < -0.4 is 0 Å². The predicted molar refractivity (Wildman–Crippen MR) is 60.7 cm³/mol. The third kappa shape index (κ3) is 2.88. The van der Waals surface area contributed by atoms with Crippen molar-refractivity contribution in [2.75, 3.05) is 6.61 Å². The van der Waals surface area contributed by atoms with Gasteiger partial charge in [0.1, 0.15) is 0 Å². The van der Waals surface area contributed by atoms with E-state index in [-0.39, 0.29) is 6.61 Å². The monoisotopic (exact) mass is 188 g/mol. The Kier molecular flexibility index (Phi) is 4.74. The Balaban J connectivity index is 2.79. The number of aliphatic hydroxyl groups excluding tert-OH is 1. The van der Waals surface area contributed by atoms with Gasteiger partial charge >= 0.3 is 0 Å². The summed E-state index contributed by atoms with van der Waals surface area (Å²) in [4.78, 5) is 0. The van der Waals surface area contributed by atoms with Gasteiger partial charge < -0.3 is 5.11 Å². The first-order valence-corrected chi connectivity index (χ1v) is 5.23. The van der Waals surface area contributed by atoms with Gasteiger partial charge in [0.15, 0.2) is 0 Å². The maximum atomic E-state index is 8.73. The van der Waals surface area contributed by atoms with E-state index in [1.165, 1.54) is 16.7 Å². The molecule has 0 saturated heterocycles. The summed E-state index contributed by atoms with van der Waals surface area (Å²) in [7, 11) is 5.67. The average molecular weight is 188 g/mol. The summed E-state index contributed by atoms with van der Waals surface area (Å²) in [6, 6.07) is 6.44. The summed E-state index contributed by atoms with van der Waals surface area (Å²) in [6.45, 7) is 2.40. The summed E-state index contributed by atoms with van der Waals surface area (Å²) in [5.74, 6) is 0. The maximum Gasteiger partial charge on any atom is 0.0716 e. The molecule has 14 heavy (non-hydrogen) atoms. The van der Waals surface area contributed by atoms with E-state index in [1.54, 1.807) is 0 Å². The van der Waals surface area contributed by atoms with Crippen LogP contribution in [0.2, 0.25) is 0 Å². The highest BCUT2D eigenvalue weighted by molar-refractivity contribution is 6.08. The van der Waals surface area contributed by atoms with E-state index >= 15 is 0 Å². The van der Waals surface area contributed by atoms with E-state index in [2.05, 4.69) is 25.1 Å². The number of aryl methyl sites for hydroxylation is 2. The van der Waals surface area contributed by atoms with E-state index < -0.39 is 0 Å². The molecule has 2 heteroatoms. The molecule has 0 heterocycles. The molecule has 1 aromatic rings. The van der Waals surface area contributed by atoms with Gasteiger partial charge in [-0.3, -0.25) is 0 Å². The standard InChI is InChI=1S/C12H17BO/c1-2-11-6-5-10(4-3-7-14)8-12(11)9-13/h5-6,8,14H,2-4,7,9H2,1H3. The highest BCUT2D eigenvalue weighted by Gasteiger charge is 2.00. The van der Waals surface area contributed by atoms with Gasteiger partial charge in [0.05, 0.1) is 7.85 Å². The van der Waals surface area contributed by atoms with Crippen molar-refractivity contribution in [2.24, 2.45) is 0 Å². The molecule has 1 N–H and O–H groups in total. The molecular weight excluding hydrogens is 171 g/mol. The van der Waals surface area contributed by atoms with Crippen molar-refractivity contribution >= 4 is 7.85 Å². The van der Waals surface area contributed by atoms with E-state index in [0.29, 0.717) is 6.32 Å². The summed E-state index contributed by atoms with van der Waals surface area (Å²) >= 11 is 0. The lowest BCUT2D eigenvalue weighted by Gasteiger charge is -2.08. The van der Waals surface area contributed by atoms with Crippen LogP contribution in [0.4, 0.5) is 0 Å². The van der Waals surface area contributed by atoms with Gasteiger partial charge in [0.2, 0.25) is 0 Å². The van der Waals surface area contributed by atoms with Gasteiger partial charge in [-0.25, -0.2) is 0 Å². The van der Waals surface area contributed by atoms with Crippen molar-refractivity contribution in [2.45, 2.75) is 32.5 Å². The smallest absolute Gasteiger partial charge is 0.0716 e. The number of rotatable bonds is 5. The molecule has 1 rings (SSSR count). The molecule has 0 unspecified atom stereocenters. The van der Waals surface area contributed by atoms with Crippen LogP contribution in [-0.2, 0) is 19.2 Å². The fourth-order valence-electron chi connectivity index (χ4n) is 1.65. The number of benzene rings is 1. The Hall–Kier alpha value is -0.755.